The number of aryl methyl sites for hydroxylation is 1. The van der Waals surface area contributed by atoms with Gasteiger partial charge >= 0.3 is 0 Å². The van der Waals surface area contributed by atoms with Crippen LogP contribution < -0.4 is 20.7 Å². The van der Waals surface area contributed by atoms with E-state index in [9.17, 15) is 0 Å². The van der Waals surface area contributed by atoms with Gasteiger partial charge < -0.3 is 9.47 Å². The van der Waals surface area contributed by atoms with Crippen molar-refractivity contribution in [1.29, 1.82) is 0 Å². The first kappa shape index (κ1) is 14.4. The van der Waals surface area contributed by atoms with E-state index >= 15 is 0 Å². The van der Waals surface area contributed by atoms with Crippen LogP contribution in [0.5, 0.6) is 11.5 Å². The van der Waals surface area contributed by atoms with Crippen LogP contribution in [0.15, 0.2) is 30.5 Å². The molecule has 0 aliphatic rings. The van der Waals surface area contributed by atoms with Crippen LogP contribution in [0.3, 0.4) is 0 Å². The van der Waals surface area contributed by atoms with E-state index in [4.69, 9.17) is 15.3 Å². The van der Waals surface area contributed by atoms with Gasteiger partial charge in [0.15, 0.2) is 11.5 Å². The summed E-state index contributed by atoms with van der Waals surface area (Å²) in [6, 6.07) is 7.74. The Morgan fingerprint density at radius 1 is 1.25 bits per heavy atom. The average molecular weight is 276 g/mol. The van der Waals surface area contributed by atoms with Gasteiger partial charge in [-0.25, -0.2) is 0 Å². The highest BCUT2D eigenvalue weighted by molar-refractivity contribution is 5.43. The number of nitrogens with zero attached hydrogens (tertiary/aromatic N) is 2. The van der Waals surface area contributed by atoms with E-state index in [2.05, 4.69) is 10.5 Å². The molecular weight excluding hydrogens is 256 g/mol. The second kappa shape index (κ2) is 6.40. The van der Waals surface area contributed by atoms with Crippen molar-refractivity contribution in [3.05, 3.63) is 41.7 Å². The molecule has 1 aromatic carbocycles. The van der Waals surface area contributed by atoms with E-state index in [1.54, 1.807) is 18.9 Å². The molecule has 0 radical (unpaired) electrons. The highest BCUT2D eigenvalue weighted by Crippen LogP contribution is 2.29. The molecule has 1 aromatic heterocycles. The molecule has 0 fully saturated rings. The van der Waals surface area contributed by atoms with Gasteiger partial charge in [0.25, 0.3) is 0 Å². The van der Waals surface area contributed by atoms with E-state index in [1.165, 1.54) is 0 Å². The van der Waals surface area contributed by atoms with Crippen LogP contribution >= 0.6 is 0 Å². The number of aromatic nitrogens is 2. The van der Waals surface area contributed by atoms with Crippen molar-refractivity contribution in [2.24, 2.45) is 12.9 Å². The molecule has 1 heterocycles. The standard InChI is InChI=1S/C14H20N4O2/c1-18-7-6-11(17-18)12(16-15)8-10-4-5-13(19-2)14(9-10)20-3/h4-7,9,12,16H,8,15H2,1-3H3. The number of nitrogens with one attached hydrogen (secondary N) is 1. The van der Waals surface area contributed by atoms with Crippen LogP contribution in [0.1, 0.15) is 17.3 Å². The van der Waals surface area contributed by atoms with Gasteiger partial charge in [0.2, 0.25) is 0 Å². The summed E-state index contributed by atoms with van der Waals surface area (Å²) in [5.41, 5.74) is 4.80. The molecule has 0 aliphatic carbocycles. The molecule has 1 atom stereocenters. The van der Waals surface area contributed by atoms with Gasteiger partial charge in [-0.2, -0.15) is 5.10 Å². The summed E-state index contributed by atoms with van der Waals surface area (Å²) < 4.78 is 12.3. The van der Waals surface area contributed by atoms with Crippen molar-refractivity contribution in [2.75, 3.05) is 14.2 Å². The molecule has 0 bridgehead atoms. The Morgan fingerprint density at radius 3 is 2.55 bits per heavy atom. The van der Waals surface area contributed by atoms with Gasteiger partial charge in [-0.1, -0.05) is 6.07 Å². The Hall–Kier alpha value is -2.05. The normalized spacial score (nSPS) is 12.2. The SMILES string of the molecule is COc1ccc(CC(NN)c2ccn(C)n2)cc1OC. The molecule has 1 unspecified atom stereocenters. The zero-order valence-corrected chi connectivity index (χ0v) is 12.0. The van der Waals surface area contributed by atoms with Gasteiger partial charge in [-0.15, -0.1) is 0 Å². The maximum atomic E-state index is 5.63. The van der Waals surface area contributed by atoms with Crippen LogP contribution in [-0.2, 0) is 13.5 Å². The Bertz CT molecular complexity index is 568. The molecule has 20 heavy (non-hydrogen) atoms. The van der Waals surface area contributed by atoms with E-state index < -0.39 is 0 Å². The van der Waals surface area contributed by atoms with Crippen LogP contribution in [-0.4, -0.2) is 24.0 Å². The van der Waals surface area contributed by atoms with Crippen molar-refractivity contribution < 1.29 is 9.47 Å². The lowest BCUT2D eigenvalue weighted by Crippen LogP contribution is -2.30. The number of hydrogen-bond donors (Lipinski definition) is 2. The smallest absolute Gasteiger partial charge is 0.160 e. The second-order valence-electron chi connectivity index (χ2n) is 4.53. The predicted octanol–water partition coefficient (Wildman–Crippen LogP) is 1.18. The number of hydrogen-bond acceptors (Lipinski definition) is 5. The lowest BCUT2D eigenvalue weighted by molar-refractivity contribution is 0.354. The highest BCUT2D eigenvalue weighted by Gasteiger charge is 2.14. The summed E-state index contributed by atoms with van der Waals surface area (Å²) in [7, 11) is 5.13. The highest BCUT2D eigenvalue weighted by atomic mass is 16.5. The number of benzene rings is 1. The molecule has 0 spiro atoms. The minimum atomic E-state index is -0.0469. The third-order valence-electron chi connectivity index (χ3n) is 3.18. The zero-order valence-electron chi connectivity index (χ0n) is 12.0. The average Bonchev–Trinajstić information content (AvgIpc) is 2.90. The first-order chi connectivity index (χ1) is 9.67. The minimum absolute atomic E-state index is 0.0469. The first-order valence-corrected chi connectivity index (χ1v) is 6.34. The monoisotopic (exact) mass is 276 g/mol. The lowest BCUT2D eigenvalue weighted by atomic mass is 10.0. The van der Waals surface area contributed by atoms with Gasteiger partial charge in [0.1, 0.15) is 0 Å². The van der Waals surface area contributed by atoms with Gasteiger partial charge in [0, 0.05) is 13.2 Å². The minimum Gasteiger partial charge on any atom is -0.493 e. The molecule has 6 nitrogen and oxygen atoms in total. The van der Waals surface area contributed by atoms with Gasteiger partial charge in [0.05, 0.1) is 26.0 Å². The van der Waals surface area contributed by atoms with Crippen LogP contribution in [0.4, 0.5) is 0 Å². The molecule has 108 valence electrons. The second-order valence-corrected chi connectivity index (χ2v) is 4.53. The number of nitrogens with two attached hydrogens (primary N) is 1. The summed E-state index contributed by atoms with van der Waals surface area (Å²) in [4.78, 5) is 0. The Morgan fingerprint density at radius 2 is 2.00 bits per heavy atom. The molecule has 3 N–H and O–H groups in total. The van der Waals surface area contributed by atoms with Crippen molar-refractivity contribution >= 4 is 0 Å². The largest absolute Gasteiger partial charge is 0.493 e. The van der Waals surface area contributed by atoms with Crippen LogP contribution in [0.25, 0.3) is 0 Å². The van der Waals surface area contributed by atoms with Gasteiger partial charge in [-0.05, 0) is 30.2 Å². The molecule has 2 rings (SSSR count). The Labute approximate surface area is 118 Å². The quantitative estimate of drug-likeness (QED) is 0.612. The number of methoxy groups -OCH3 is 2. The maximum absolute atomic E-state index is 5.63. The maximum Gasteiger partial charge on any atom is 0.160 e. The lowest BCUT2D eigenvalue weighted by Gasteiger charge is -2.15. The molecule has 0 saturated carbocycles. The Balaban J connectivity index is 2.19. The summed E-state index contributed by atoms with van der Waals surface area (Å²) in [6.07, 6.45) is 2.61. The first-order valence-electron chi connectivity index (χ1n) is 6.34. The number of rotatable bonds is 6. The third kappa shape index (κ3) is 3.09. The molecule has 0 amide bonds. The van der Waals surface area contributed by atoms with Crippen molar-refractivity contribution in [2.45, 2.75) is 12.5 Å². The topological polar surface area (TPSA) is 74.3 Å². The number of hydrazine groups is 1. The van der Waals surface area contributed by atoms with Crippen molar-refractivity contribution in [3.63, 3.8) is 0 Å². The molecule has 2 aromatic rings. The van der Waals surface area contributed by atoms with E-state index in [0.29, 0.717) is 17.9 Å². The molecule has 6 heteroatoms. The van der Waals surface area contributed by atoms with Crippen molar-refractivity contribution in [3.8, 4) is 11.5 Å². The number of ether oxygens (including phenoxy) is 2. The van der Waals surface area contributed by atoms with Gasteiger partial charge in [-0.3, -0.25) is 16.0 Å². The predicted molar refractivity (Wildman–Crippen MR) is 76.5 cm³/mol. The fourth-order valence-corrected chi connectivity index (χ4v) is 2.11. The van der Waals surface area contributed by atoms with E-state index in [0.717, 1.165) is 11.3 Å². The molecular formula is C14H20N4O2. The molecule has 0 aliphatic heterocycles. The van der Waals surface area contributed by atoms with Crippen molar-refractivity contribution in [1.82, 2.24) is 15.2 Å². The van der Waals surface area contributed by atoms with E-state index in [1.807, 2.05) is 37.5 Å². The summed E-state index contributed by atoms with van der Waals surface area (Å²) in [6.45, 7) is 0. The molecule has 0 saturated heterocycles. The third-order valence-corrected chi connectivity index (χ3v) is 3.18. The Kier molecular flexibility index (Phi) is 4.60. The summed E-state index contributed by atoms with van der Waals surface area (Å²) in [5, 5.41) is 4.37. The summed E-state index contributed by atoms with van der Waals surface area (Å²) >= 11 is 0. The summed E-state index contributed by atoms with van der Waals surface area (Å²) in [5.74, 6) is 7.06. The fourth-order valence-electron chi connectivity index (χ4n) is 2.11. The fraction of sp³-hybridized carbons (Fsp3) is 0.357. The van der Waals surface area contributed by atoms with Crippen LogP contribution in [0, 0.1) is 0 Å². The van der Waals surface area contributed by atoms with E-state index in [-0.39, 0.29) is 6.04 Å². The zero-order chi connectivity index (χ0) is 14.5. The van der Waals surface area contributed by atoms with Crippen LogP contribution in [0.2, 0.25) is 0 Å².